The molecule has 2 aliphatic rings. The average Bonchev–Trinajstić information content (AvgIpc) is 3.59. The molecule has 1 aliphatic heterocycles. The van der Waals surface area contributed by atoms with Crippen LogP contribution in [-0.2, 0) is 20.0 Å². The number of amides is 1. The number of nitrogens with zero attached hydrogens (tertiary/aromatic N) is 5. The van der Waals surface area contributed by atoms with Gasteiger partial charge in [0.15, 0.2) is 5.82 Å². The van der Waals surface area contributed by atoms with Crippen molar-refractivity contribution in [1.29, 1.82) is 0 Å². The number of aromatic nitrogens is 3. The topological polar surface area (TPSA) is 81.6 Å². The minimum atomic E-state index is -0.661. The molecule has 2 aromatic carbocycles. The number of benzene rings is 2. The highest BCUT2D eigenvalue weighted by Gasteiger charge is 2.29. The smallest absolute Gasteiger partial charge is 0.254 e. The number of nitrogens with two attached hydrogens (primary N) is 1. The normalized spacial score (nSPS) is 16.5. The molecule has 0 radical (unpaired) electrons. The first-order valence-corrected chi connectivity index (χ1v) is 13.8. The zero-order valence-corrected chi connectivity index (χ0v) is 23.0. The second-order valence-corrected chi connectivity index (χ2v) is 11.3. The Morgan fingerprint density at radius 1 is 1.23 bits per heavy atom. The monoisotopic (exact) mass is 532 g/mol. The van der Waals surface area contributed by atoms with Crippen LogP contribution in [0.4, 0.5) is 4.39 Å². The molecule has 2 N–H and O–H groups in total. The molecule has 6 rings (SSSR count). The van der Waals surface area contributed by atoms with Crippen molar-refractivity contribution in [3.8, 4) is 17.3 Å². The van der Waals surface area contributed by atoms with E-state index in [4.69, 9.17) is 15.5 Å². The number of imidazole rings is 1. The fourth-order valence-electron chi connectivity index (χ4n) is 5.63. The molecule has 206 valence electrons. The number of para-hydroxylation sites is 1. The average molecular weight is 533 g/mol. The molecule has 3 heterocycles. The van der Waals surface area contributed by atoms with E-state index >= 15 is 0 Å². The molecule has 0 saturated heterocycles. The summed E-state index contributed by atoms with van der Waals surface area (Å²) in [6.45, 7) is 2.51. The Kier molecular flexibility index (Phi) is 6.81. The maximum atomic E-state index is 13.2. The molecule has 4 aromatic rings. The summed E-state index contributed by atoms with van der Waals surface area (Å²) in [6, 6.07) is 11.8. The van der Waals surface area contributed by atoms with E-state index in [1.54, 1.807) is 4.90 Å². The first-order valence-electron chi connectivity index (χ1n) is 13.8. The Labute approximate surface area is 228 Å². The van der Waals surface area contributed by atoms with Gasteiger partial charge in [0.25, 0.3) is 5.91 Å². The lowest BCUT2D eigenvalue weighted by Gasteiger charge is -2.30. The lowest BCUT2D eigenvalue weighted by atomic mass is 9.97. The van der Waals surface area contributed by atoms with Crippen molar-refractivity contribution in [3.63, 3.8) is 0 Å². The molecular formula is C30H37FN6O2. The summed E-state index contributed by atoms with van der Waals surface area (Å²) >= 11 is 0. The van der Waals surface area contributed by atoms with Crippen molar-refractivity contribution >= 4 is 27.8 Å². The lowest BCUT2D eigenvalue weighted by Crippen LogP contribution is -2.45. The Bertz CT molecular complexity index is 1540. The van der Waals surface area contributed by atoms with Gasteiger partial charge >= 0.3 is 0 Å². The van der Waals surface area contributed by atoms with Gasteiger partial charge in [-0.3, -0.25) is 4.79 Å². The summed E-state index contributed by atoms with van der Waals surface area (Å²) in [4.78, 5) is 22.1. The number of alkyl halides is 1. The van der Waals surface area contributed by atoms with Crippen molar-refractivity contribution in [1.82, 2.24) is 23.9 Å². The van der Waals surface area contributed by atoms with Crippen LogP contribution in [0.1, 0.15) is 28.8 Å². The van der Waals surface area contributed by atoms with Crippen LogP contribution in [0.2, 0.25) is 0 Å². The van der Waals surface area contributed by atoms with Crippen LogP contribution >= 0.6 is 0 Å². The molecule has 9 heteroatoms. The Morgan fingerprint density at radius 2 is 2.05 bits per heavy atom. The molecule has 2 aromatic heterocycles. The van der Waals surface area contributed by atoms with Crippen molar-refractivity contribution in [2.24, 2.45) is 18.7 Å². The number of aryl methyl sites for hydroxylation is 1. The summed E-state index contributed by atoms with van der Waals surface area (Å²) in [5.74, 6) is 2.33. The first kappa shape index (κ1) is 25.8. The molecule has 8 nitrogen and oxygen atoms in total. The molecule has 0 spiro atoms. The largest absolute Gasteiger partial charge is 0.490 e. The van der Waals surface area contributed by atoms with E-state index < -0.39 is 12.7 Å². The Hall–Kier alpha value is -3.43. The van der Waals surface area contributed by atoms with E-state index in [1.807, 2.05) is 33.3 Å². The van der Waals surface area contributed by atoms with Crippen LogP contribution in [0.3, 0.4) is 0 Å². The van der Waals surface area contributed by atoms with Gasteiger partial charge in [0.2, 0.25) is 0 Å². The Balaban J connectivity index is 1.42. The lowest BCUT2D eigenvalue weighted by molar-refractivity contribution is 0.0725. The zero-order chi connectivity index (χ0) is 27.3. The number of hydrogen-bond acceptors (Lipinski definition) is 5. The minimum Gasteiger partial charge on any atom is -0.490 e. The molecule has 0 bridgehead atoms. The third-order valence-corrected chi connectivity index (χ3v) is 7.97. The number of ether oxygens (including phenoxy) is 1. The second-order valence-electron chi connectivity index (χ2n) is 11.3. The van der Waals surface area contributed by atoms with Gasteiger partial charge in [-0.05, 0) is 69.1 Å². The highest BCUT2D eigenvalue weighted by Crippen LogP contribution is 2.39. The van der Waals surface area contributed by atoms with E-state index in [2.05, 4.69) is 38.3 Å². The minimum absolute atomic E-state index is 0.100. The fourth-order valence-corrected chi connectivity index (χ4v) is 5.63. The van der Waals surface area contributed by atoms with Gasteiger partial charge in [-0.25, -0.2) is 9.37 Å². The number of carbonyl (C=O) groups excluding carboxylic acids is 1. The van der Waals surface area contributed by atoms with Gasteiger partial charge in [0.05, 0.1) is 28.3 Å². The Morgan fingerprint density at radius 3 is 2.79 bits per heavy atom. The number of hydrogen-bond donors (Lipinski definition) is 1. The molecule has 1 atom stereocenters. The van der Waals surface area contributed by atoms with Crippen molar-refractivity contribution < 1.29 is 13.9 Å². The first-order chi connectivity index (χ1) is 18.8. The number of likely N-dealkylation sites (N-methyl/N-ethyl adjacent to an activating group) is 1. The number of halogens is 1. The van der Waals surface area contributed by atoms with Crippen LogP contribution in [0.25, 0.3) is 33.5 Å². The summed E-state index contributed by atoms with van der Waals surface area (Å²) in [7, 11) is 6.14. The van der Waals surface area contributed by atoms with Crippen LogP contribution in [-0.4, -0.2) is 82.9 Å². The highest BCUT2D eigenvalue weighted by molar-refractivity contribution is 6.01. The van der Waals surface area contributed by atoms with Crippen molar-refractivity contribution in [2.75, 3.05) is 47.0 Å². The van der Waals surface area contributed by atoms with E-state index in [9.17, 15) is 9.18 Å². The van der Waals surface area contributed by atoms with Crippen LogP contribution in [0, 0.1) is 5.92 Å². The van der Waals surface area contributed by atoms with E-state index in [0.717, 1.165) is 57.9 Å². The van der Waals surface area contributed by atoms with Gasteiger partial charge in [-0.1, -0.05) is 12.1 Å². The third kappa shape index (κ3) is 4.89. The summed E-state index contributed by atoms with van der Waals surface area (Å²) in [6.07, 6.45) is 3.19. The van der Waals surface area contributed by atoms with Crippen LogP contribution in [0.5, 0.6) is 5.75 Å². The standard InChI is InChI=1S/C30H37FN6O2/c1-34(2)11-12-39-27-6-4-5-21-14-26(37(28(21)27)17-19-7-8-19)29-33-24-15-23-20(13-25(24)35(29)3)9-10-36(30(23)38)18-22(32)16-31/h4-6,13-15,19,22H,7-12,16-18,32H2,1-3H3/t22-/m1/s1. The van der Waals surface area contributed by atoms with Crippen LogP contribution < -0.4 is 10.5 Å². The molecule has 39 heavy (non-hydrogen) atoms. The number of rotatable bonds is 10. The van der Waals surface area contributed by atoms with E-state index in [-0.39, 0.29) is 12.5 Å². The molecule has 1 fully saturated rings. The quantitative estimate of drug-likeness (QED) is 0.336. The summed E-state index contributed by atoms with van der Waals surface area (Å²) < 4.78 is 23.8. The number of carbonyl (C=O) groups is 1. The van der Waals surface area contributed by atoms with Gasteiger partial charge in [-0.15, -0.1) is 0 Å². The van der Waals surface area contributed by atoms with E-state index in [1.165, 1.54) is 12.8 Å². The predicted molar refractivity (Wildman–Crippen MR) is 152 cm³/mol. The van der Waals surface area contributed by atoms with Crippen LogP contribution in [0.15, 0.2) is 36.4 Å². The molecule has 1 amide bonds. The summed E-state index contributed by atoms with van der Waals surface area (Å²) in [5, 5.41) is 1.13. The summed E-state index contributed by atoms with van der Waals surface area (Å²) in [5.41, 5.74) is 11.4. The maximum Gasteiger partial charge on any atom is 0.254 e. The van der Waals surface area contributed by atoms with Gasteiger partial charge in [0.1, 0.15) is 19.0 Å². The maximum absolute atomic E-state index is 13.2. The number of fused-ring (bicyclic) bond motifs is 3. The zero-order valence-electron chi connectivity index (χ0n) is 23.0. The third-order valence-electron chi connectivity index (χ3n) is 7.97. The van der Waals surface area contributed by atoms with Gasteiger partial charge in [0, 0.05) is 44.2 Å². The van der Waals surface area contributed by atoms with Gasteiger partial charge < -0.3 is 29.4 Å². The SMILES string of the molecule is CN(C)CCOc1cccc2cc(-c3nc4cc5c(cc4n3C)CCN(C[C@H](N)CF)C5=O)n(CC3CC3)c12. The van der Waals surface area contributed by atoms with Crippen molar-refractivity contribution in [2.45, 2.75) is 31.8 Å². The molecular weight excluding hydrogens is 495 g/mol. The fraction of sp³-hybridized carbons (Fsp3) is 0.467. The van der Waals surface area contributed by atoms with Crippen molar-refractivity contribution in [3.05, 3.63) is 47.5 Å². The van der Waals surface area contributed by atoms with Gasteiger partial charge in [-0.2, -0.15) is 0 Å². The molecule has 1 saturated carbocycles. The highest BCUT2D eigenvalue weighted by atomic mass is 19.1. The van der Waals surface area contributed by atoms with E-state index in [0.29, 0.717) is 31.1 Å². The molecule has 1 aliphatic carbocycles. The predicted octanol–water partition coefficient (Wildman–Crippen LogP) is 3.84. The second kappa shape index (κ2) is 10.3. The molecule has 0 unspecified atom stereocenters.